The number of hydrogen-bond acceptors (Lipinski definition) is 3. The molecule has 0 unspecified atom stereocenters. The molecule has 32 heavy (non-hydrogen) atoms. The zero-order valence-corrected chi connectivity index (χ0v) is 21.7. The molecule has 0 aliphatic carbocycles. The highest BCUT2D eigenvalue weighted by Gasteiger charge is 2.27. The SMILES string of the molecule is Cc1cc(C)cc(CSCC(=O)N(Cc2c(Cl)cccc2Cl)[C@@H](C)C(=O)NCC(C)C)c1. The molecule has 0 saturated heterocycles. The minimum Gasteiger partial charge on any atom is -0.354 e. The van der Waals surface area contributed by atoms with E-state index in [0.717, 1.165) is 5.75 Å². The van der Waals surface area contributed by atoms with Gasteiger partial charge in [0, 0.05) is 34.5 Å². The Hall–Kier alpha value is -1.69. The van der Waals surface area contributed by atoms with Gasteiger partial charge in [0.15, 0.2) is 0 Å². The number of hydrogen-bond donors (Lipinski definition) is 1. The Bertz CT molecular complexity index is 909. The van der Waals surface area contributed by atoms with Crippen LogP contribution in [0.5, 0.6) is 0 Å². The van der Waals surface area contributed by atoms with Crippen molar-refractivity contribution >= 4 is 46.8 Å². The van der Waals surface area contributed by atoms with Gasteiger partial charge in [-0.05, 0) is 44.4 Å². The summed E-state index contributed by atoms with van der Waals surface area (Å²) in [4.78, 5) is 27.5. The van der Waals surface area contributed by atoms with Crippen LogP contribution < -0.4 is 5.32 Å². The van der Waals surface area contributed by atoms with Crippen molar-refractivity contribution in [3.8, 4) is 0 Å². The maximum atomic E-state index is 13.2. The van der Waals surface area contributed by atoms with Gasteiger partial charge in [-0.15, -0.1) is 11.8 Å². The van der Waals surface area contributed by atoms with Crippen molar-refractivity contribution in [3.05, 3.63) is 68.7 Å². The largest absolute Gasteiger partial charge is 0.354 e. The fourth-order valence-electron chi connectivity index (χ4n) is 3.38. The molecule has 1 N–H and O–H groups in total. The van der Waals surface area contributed by atoms with E-state index in [1.807, 2.05) is 13.8 Å². The maximum absolute atomic E-state index is 13.2. The number of thioether (sulfide) groups is 1. The van der Waals surface area contributed by atoms with E-state index in [9.17, 15) is 9.59 Å². The van der Waals surface area contributed by atoms with Crippen molar-refractivity contribution in [2.75, 3.05) is 12.3 Å². The van der Waals surface area contributed by atoms with Crippen LogP contribution in [0, 0.1) is 19.8 Å². The van der Waals surface area contributed by atoms with E-state index in [2.05, 4.69) is 37.4 Å². The van der Waals surface area contributed by atoms with E-state index in [-0.39, 0.29) is 24.1 Å². The second-order valence-electron chi connectivity index (χ2n) is 8.53. The van der Waals surface area contributed by atoms with Crippen LogP contribution in [0.3, 0.4) is 0 Å². The molecular weight excluding hydrogens is 463 g/mol. The Morgan fingerprint density at radius 3 is 2.19 bits per heavy atom. The number of carbonyl (C=O) groups is 2. The predicted octanol–water partition coefficient (Wildman–Crippen LogP) is 6.03. The summed E-state index contributed by atoms with van der Waals surface area (Å²) in [5, 5.41) is 3.88. The minimum absolute atomic E-state index is 0.123. The molecule has 0 spiro atoms. The highest BCUT2D eigenvalue weighted by atomic mass is 35.5. The molecule has 174 valence electrons. The summed E-state index contributed by atoms with van der Waals surface area (Å²) in [7, 11) is 0. The average molecular weight is 496 g/mol. The van der Waals surface area contributed by atoms with Gasteiger partial charge in [0.1, 0.15) is 6.04 Å². The van der Waals surface area contributed by atoms with Gasteiger partial charge < -0.3 is 10.2 Å². The number of aryl methyl sites for hydroxylation is 2. The molecule has 0 heterocycles. The standard InChI is InChI=1S/C25H32Cl2N2O2S/c1-16(2)12-28-25(31)19(5)29(13-21-22(26)7-6-8-23(21)27)24(30)15-32-14-20-10-17(3)9-18(4)11-20/h6-11,16,19H,12-15H2,1-5H3,(H,28,31)/t19-/m0/s1. The summed E-state index contributed by atoms with van der Waals surface area (Å²) in [6, 6.07) is 11.0. The normalized spacial score (nSPS) is 12.0. The quantitative estimate of drug-likeness (QED) is 0.438. The van der Waals surface area contributed by atoms with E-state index >= 15 is 0 Å². The Kier molecular flexibility index (Phi) is 10.4. The number of amides is 2. The number of nitrogens with one attached hydrogen (secondary N) is 1. The third-order valence-corrected chi connectivity index (χ3v) is 6.71. The number of rotatable bonds is 10. The molecule has 2 rings (SSSR count). The molecule has 0 aromatic heterocycles. The van der Waals surface area contributed by atoms with Crippen LogP contribution in [0.15, 0.2) is 36.4 Å². The van der Waals surface area contributed by atoms with Crippen LogP contribution in [0.1, 0.15) is 43.0 Å². The molecule has 2 aromatic rings. The second kappa shape index (κ2) is 12.5. The molecule has 4 nitrogen and oxygen atoms in total. The Morgan fingerprint density at radius 1 is 1.03 bits per heavy atom. The van der Waals surface area contributed by atoms with Gasteiger partial charge in [-0.3, -0.25) is 9.59 Å². The first-order valence-corrected chi connectivity index (χ1v) is 12.6. The Labute approximate surface area is 206 Å². The lowest BCUT2D eigenvalue weighted by molar-refractivity contribution is -0.138. The van der Waals surface area contributed by atoms with Crippen LogP contribution in [-0.2, 0) is 21.9 Å². The summed E-state index contributed by atoms with van der Waals surface area (Å²) in [5.41, 5.74) is 4.24. The van der Waals surface area contributed by atoms with Crippen LogP contribution >= 0.6 is 35.0 Å². The molecule has 0 fully saturated rings. The summed E-state index contributed by atoms with van der Waals surface area (Å²) in [6.07, 6.45) is 0. The summed E-state index contributed by atoms with van der Waals surface area (Å²) >= 11 is 14.2. The Balaban J connectivity index is 2.14. The van der Waals surface area contributed by atoms with Crippen LogP contribution in [0.2, 0.25) is 10.0 Å². The molecule has 2 aromatic carbocycles. The maximum Gasteiger partial charge on any atom is 0.242 e. The van der Waals surface area contributed by atoms with Gasteiger partial charge in [-0.2, -0.15) is 0 Å². The first-order valence-electron chi connectivity index (χ1n) is 10.7. The summed E-state index contributed by atoms with van der Waals surface area (Å²) in [6.45, 7) is 10.7. The molecule has 0 aliphatic rings. The topological polar surface area (TPSA) is 49.4 Å². The molecule has 0 bridgehead atoms. The first-order chi connectivity index (χ1) is 15.1. The first kappa shape index (κ1) is 26.6. The number of halogens is 2. The van der Waals surface area contributed by atoms with Crippen molar-refractivity contribution in [2.24, 2.45) is 5.92 Å². The van der Waals surface area contributed by atoms with Gasteiger partial charge in [-0.25, -0.2) is 0 Å². The van der Waals surface area contributed by atoms with Crippen molar-refractivity contribution in [1.82, 2.24) is 10.2 Å². The smallest absolute Gasteiger partial charge is 0.242 e. The van der Waals surface area contributed by atoms with Crippen molar-refractivity contribution < 1.29 is 9.59 Å². The highest BCUT2D eigenvalue weighted by Crippen LogP contribution is 2.27. The van der Waals surface area contributed by atoms with Crippen LogP contribution in [0.25, 0.3) is 0 Å². The zero-order chi connectivity index (χ0) is 23.8. The third-order valence-electron chi connectivity index (χ3n) is 5.02. The monoisotopic (exact) mass is 494 g/mol. The fourth-order valence-corrected chi connectivity index (χ4v) is 4.74. The fraction of sp³-hybridized carbons (Fsp3) is 0.440. The van der Waals surface area contributed by atoms with Crippen LogP contribution in [0.4, 0.5) is 0 Å². The minimum atomic E-state index is -0.643. The molecule has 7 heteroatoms. The van der Waals surface area contributed by atoms with Gasteiger partial charge >= 0.3 is 0 Å². The van der Waals surface area contributed by atoms with E-state index in [1.54, 1.807) is 30.0 Å². The number of benzene rings is 2. The molecule has 2 amide bonds. The molecular formula is C25H32Cl2N2O2S. The van der Waals surface area contributed by atoms with Gasteiger partial charge in [0.05, 0.1) is 5.75 Å². The molecule has 0 radical (unpaired) electrons. The predicted molar refractivity (Wildman–Crippen MR) is 136 cm³/mol. The Morgan fingerprint density at radius 2 is 1.62 bits per heavy atom. The summed E-state index contributed by atoms with van der Waals surface area (Å²) in [5.74, 6) is 0.999. The van der Waals surface area contributed by atoms with Crippen molar-refractivity contribution in [1.29, 1.82) is 0 Å². The van der Waals surface area contributed by atoms with Crippen molar-refractivity contribution in [3.63, 3.8) is 0 Å². The zero-order valence-electron chi connectivity index (χ0n) is 19.4. The number of nitrogens with zero attached hydrogens (tertiary/aromatic N) is 1. The second-order valence-corrected chi connectivity index (χ2v) is 10.3. The van der Waals surface area contributed by atoms with Gasteiger partial charge in [-0.1, -0.05) is 72.4 Å². The van der Waals surface area contributed by atoms with Gasteiger partial charge in [0.25, 0.3) is 0 Å². The molecule has 0 saturated carbocycles. The lowest BCUT2D eigenvalue weighted by atomic mass is 10.1. The molecule has 0 aliphatic heterocycles. The van der Waals surface area contributed by atoms with E-state index in [1.165, 1.54) is 28.5 Å². The third kappa shape index (κ3) is 8.02. The average Bonchev–Trinajstić information content (AvgIpc) is 2.70. The van der Waals surface area contributed by atoms with Crippen molar-refractivity contribution in [2.45, 2.75) is 53.0 Å². The highest BCUT2D eigenvalue weighted by molar-refractivity contribution is 7.99. The van der Waals surface area contributed by atoms with E-state index < -0.39 is 6.04 Å². The van der Waals surface area contributed by atoms with Crippen LogP contribution in [-0.4, -0.2) is 35.1 Å². The summed E-state index contributed by atoms with van der Waals surface area (Å²) < 4.78 is 0. The van der Waals surface area contributed by atoms with E-state index in [0.29, 0.717) is 28.1 Å². The lowest BCUT2D eigenvalue weighted by Crippen LogP contribution is -2.48. The molecule has 1 atom stereocenters. The van der Waals surface area contributed by atoms with E-state index in [4.69, 9.17) is 23.2 Å². The number of carbonyl (C=O) groups excluding carboxylic acids is 2. The van der Waals surface area contributed by atoms with Gasteiger partial charge in [0.2, 0.25) is 11.8 Å². The lowest BCUT2D eigenvalue weighted by Gasteiger charge is -2.29.